The van der Waals surface area contributed by atoms with E-state index < -0.39 is 12.5 Å². The SMILES string of the molecule is CCc1nnc(NC(=O)CO)s1. The number of aromatic nitrogens is 2. The van der Waals surface area contributed by atoms with Gasteiger partial charge in [0.2, 0.25) is 5.13 Å². The van der Waals surface area contributed by atoms with E-state index in [1.807, 2.05) is 6.92 Å². The average molecular weight is 187 g/mol. The van der Waals surface area contributed by atoms with E-state index in [-0.39, 0.29) is 0 Å². The highest BCUT2D eigenvalue weighted by Gasteiger charge is 2.04. The summed E-state index contributed by atoms with van der Waals surface area (Å²) in [7, 11) is 0. The summed E-state index contributed by atoms with van der Waals surface area (Å²) in [4.78, 5) is 10.7. The number of carbonyl (C=O) groups is 1. The van der Waals surface area contributed by atoms with E-state index in [2.05, 4.69) is 15.5 Å². The monoisotopic (exact) mass is 187 g/mol. The zero-order chi connectivity index (χ0) is 8.97. The van der Waals surface area contributed by atoms with Gasteiger partial charge in [0.05, 0.1) is 0 Å². The van der Waals surface area contributed by atoms with Crippen LogP contribution in [-0.4, -0.2) is 27.8 Å². The van der Waals surface area contributed by atoms with Gasteiger partial charge >= 0.3 is 0 Å². The molecule has 2 N–H and O–H groups in total. The first-order valence-electron chi connectivity index (χ1n) is 3.49. The lowest BCUT2D eigenvalue weighted by Crippen LogP contribution is -2.15. The normalized spacial score (nSPS) is 9.83. The third-order valence-corrected chi connectivity index (χ3v) is 2.14. The summed E-state index contributed by atoms with van der Waals surface area (Å²) in [5.74, 6) is -0.464. The van der Waals surface area contributed by atoms with Gasteiger partial charge in [-0.15, -0.1) is 10.2 Å². The number of aliphatic hydroxyl groups excluding tert-OH is 1. The summed E-state index contributed by atoms with van der Waals surface area (Å²) in [6.45, 7) is 1.43. The van der Waals surface area contributed by atoms with Crippen molar-refractivity contribution in [3.63, 3.8) is 0 Å². The largest absolute Gasteiger partial charge is 0.387 e. The van der Waals surface area contributed by atoms with Crippen LogP contribution in [0.25, 0.3) is 0 Å². The first-order chi connectivity index (χ1) is 5.76. The van der Waals surface area contributed by atoms with E-state index in [9.17, 15) is 4.79 Å². The van der Waals surface area contributed by atoms with Gasteiger partial charge in [0.1, 0.15) is 11.6 Å². The standard InChI is InChI=1S/C6H9N3O2S/c1-2-5-8-9-6(12-5)7-4(11)3-10/h10H,2-3H2,1H3,(H,7,9,11). The fourth-order valence-corrected chi connectivity index (χ4v) is 1.30. The van der Waals surface area contributed by atoms with Crippen LogP contribution in [0.5, 0.6) is 0 Å². The summed E-state index contributed by atoms with van der Waals surface area (Å²) in [6, 6.07) is 0. The summed E-state index contributed by atoms with van der Waals surface area (Å²) < 4.78 is 0. The maximum atomic E-state index is 10.7. The van der Waals surface area contributed by atoms with Gasteiger partial charge in [-0.3, -0.25) is 10.1 Å². The molecule has 1 aromatic rings. The van der Waals surface area contributed by atoms with Crippen molar-refractivity contribution in [1.82, 2.24) is 10.2 Å². The Balaban J connectivity index is 2.58. The van der Waals surface area contributed by atoms with Gasteiger partial charge in [0.15, 0.2) is 0 Å². The number of nitrogens with one attached hydrogen (secondary N) is 1. The molecule has 5 nitrogen and oxygen atoms in total. The molecule has 0 aliphatic heterocycles. The first kappa shape index (κ1) is 9.08. The second kappa shape index (κ2) is 4.13. The number of hydrogen-bond acceptors (Lipinski definition) is 5. The average Bonchev–Trinajstić information content (AvgIpc) is 2.52. The minimum atomic E-state index is -0.527. The van der Waals surface area contributed by atoms with Gasteiger partial charge in [0.25, 0.3) is 5.91 Å². The maximum absolute atomic E-state index is 10.7. The number of aliphatic hydroxyl groups is 1. The fraction of sp³-hybridized carbons (Fsp3) is 0.500. The lowest BCUT2D eigenvalue weighted by molar-refractivity contribution is -0.118. The number of nitrogens with zero attached hydrogens (tertiary/aromatic N) is 2. The number of aryl methyl sites for hydroxylation is 1. The van der Waals surface area contributed by atoms with Crippen LogP contribution in [0.1, 0.15) is 11.9 Å². The van der Waals surface area contributed by atoms with Crippen LogP contribution in [0.2, 0.25) is 0 Å². The molecule has 1 heterocycles. The molecular formula is C6H9N3O2S. The number of anilines is 1. The Morgan fingerprint density at radius 1 is 1.67 bits per heavy atom. The number of amides is 1. The van der Waals surface area contributed by atoms with Crippen molar-refractivity contribution in [2.75, 3.05) is 11.9 Å². The van der Waals surface area contributed by atoms with Crippen molar-refractivity contribution >= 4 is 22.4 Å². The molecule has 0 atom stereocenters. The second-order valence-electron chi connectivity index (χ2n) is 2.06. The van der Waals surface area contributed by atoms with Crippen molar-refractivity contribution in [2.45, 2.75) is 13.3 Å². The quantitative estimate of drug-likeness (QED) is 0.700. The molecule has 1 aromatic heterocycles. The topological polar surface area (TPSA) is 75.1 Å². The van der Waals surface area contributed by atoms with Crippen LogP contribution in [0.15, 0.2) is 0 Å². The van der Waals surface area contributed by atoms with Crippen molar-refractivity contribution in [2.24, 2.45) is 0 Å². The van der Waals surface area contributed by atoms with Gasteiger partial charge < -0.3 is 5.11 Å². The molecule has 1 rings (SSSR count). The van der Waals surface area contributed by atoms with E-state index in [1.54, 1.807) is 0 Å². The molecule has 1 amide bonds. The Labute approximate surface area is 73.4 Å². The third-order valence-electron chi connectivity index (χ3n) is 1.16. The Hall–Kier alpha value is -1.01. The van der Waals surface area contributed by atoms with Gasteiger partial charge in [0, 0.05) is 0 Å². The van der Waals surface area contributed by atoms with Crippen LogP contribution >= 0.6 is 11.3 Å². The van der Waals surface area contributed by atoms with Crippen molar-refractivity contribution in [3.05, 3.63) is 5.01 Å². The van der Waals surface area contributed by atoms with Gasteiger partial charge in [-0.2, -0.15) is 0 Å². The lowest BCUT2D eigenvalue weighted by Gasteiger charge is -1.93. The molecule has 0 aliphatic rings. The van der Waals surface area contributed by atoms with E-state index in [4.69, 9.17) is 5.11 Å². The summed E-state index contributed by atoms with van der Waals surface area (Å²) in [5, 5.41) is 19.6. The lowest BCUT2D eigenvalue weighted by atomic mass is 10.5. The second-order valence-corrected chi connectivity index (χ2v) is 3.12. The molecule has 12 heavy (non-hydrogen) atoms. The van der Waals surface area contributed by atoms with Gasteiger partial charge in [-0.1, -0.05) is 18.3 Å². The van der Waals surface area contributed by atoms with Gasteiger partial charge in [-0.05, 0) is 6.42 Å². The van der Waals surface area contributed by atoms with Crippen molar-refractivity contribution in [3.8, 4) is 0 Å². The highest BCUT2D eigenvalue weighted by Crippen LogP contribution is 2.14. The zero-order valence-corrected chi connectivity index (χ0v) is 7.39. The molecule has 0 unspecified atom stereocenters. The Morgan fingerprint density at radius 2 is 2.42 bits per heavy atom. The fourth-order valence-electron chi connectivity index (χ4n) is 0.606. The van der Waals surface area contributed by atoms with Crippen LogP contribution < -0.4 is 5.32 Å². The smallest absolute Gasteiger partial charge is 0.251 e. The molecule has 0 aromatic carbocycles. The van der Waals surface area contributed by atoms with Crippen LogP contribution in [0.4, 0.5) is 5.13 Å². The van der Waals surface area contributed by atoms with E-state index in [0.717, 1.165) is 11.4 Å². The number of carbonyl (C=O) groups excluding carboxylic acids is 1. The predicted molar refractivity (Wildman–Crippen MR) is 45.0 cm³/mol. The summed E-state index contributed by atoms with van der Waals surface area (Å²) in [6.07, 6.45) is 0.798. The van der Waals surface area contributed by atoms with Crippen molar-refractivity contribution in [1.29, 1.82) is 0 Å². The summed E-state index contributed by atoms with van der Waals surface area (Å²) >= 11 is 1.31. The van der Waals surface area contributed by atoms with Crippen LogP contribution in [0.3, 0.4) is 0 Å². The predicted octanol–water partition coefficient (Wildman–Crippen LogP) is 0.0313. The number of rotatable bonds is 3. The molecular weight excluding hydrogens is 178 g/mol. The Bertz CT molecular complexity index is 274. The minimum Gasteiger partial charge on any atom is -0.387 e. The molecule has 0 aliphatic carbocycles. The molecule has 0 spiro atoms. The van der Waals surface area contributed by atoms with E-state index in [1.165, 1.54) is 11.3 Å². The molecule has 66 valence electrons. The van der Waals surface area contributed by atoms with E-state index in [0.29, 0.717) is 5.13 Å². The number of hydrogen-bond donors (Lipinski definition) is 2. The van der Waals surface area contributed by atoms with Crippen molar-refractivity contribution < 1.29 is 9.90 Å². The molecule has 0 saturated carbocycles. The molecule has 0 saturated heterocycles. The Kier molecular flexibility index (Phi) is 3.12. The van der Waals surface area contributed by atoms with E-state index >= 15 is 0 Å². The van der Waals surface area contributed by atoms with Crippen LogP contribution in [-0.2, 0) is 11.2 Å². The summed E-state index contributed by atoms with van der Waals surface area (Å²) in [5.41, 5.74) is 0. The zero-order valence-electron chi connectivity index (χ0n) is 6.57. The Morgan fingerprint density at radius 3 is 2.92 bits per heavy atom. The molecule has 0 bridgehead atoms. The maximum Gasteiger partial charge on any atom is 0.251 e. The van der Waals surface area contributed by atoms with Gasteiger partial charge in [-0.25, -0.2) is 0 Å². The highest BCUT2D eigenvalue weighted by atomic mass is 32.1. The minimum absolute atomic E-state index is 0.436. The first-order valence-corrected chi connectivity index (χ1v) is 4.31. The third kappa shape index (κ3) is 2.24. The molecule has 0 radical (unpaired) electrons. The molecule has 6 heteroatoms. The molecule has 0 fully saturated rings. The van der Waals surface area contributed by atoms with Crippen LogP contribution in [0, 0.1) is 0 Å². The highest BCUT2D eigenvalue weighted by molar-refractivity contribution is 7.15.